The summed E-state index contributed by atoms with van der Waals surface area (Å²) in [4.78, 5) is 7.66. The molecule has 0 aromatic rings. The maximum atomic E-state index is 4.02. The second-order valence-corrected chi connectivity index (χ2v) is 1.44. The summed E-state index contributed by atoms with van der Waals surface area (Å²) in [6, 6.07) is 0. The van der Waals surface area contributed by atoms with E-state index < -0.39 is 0 Å². The quantitative estimate of drug-likeness (QED) is 0.385. The largest absolute Gasteiger partial charge is 0.299 e. The molecular weight excluding hydrogens is 100 g/mol. The third-order valence-electron chi connectivity index (χ3n) is 0.699. The molecule has 0 heterocycles. The number of rotatable bonds is 4. The van der Waals surface area contributed by atoms with Crippen LogP contribution >= 0.6 is 0 Å². The van der Waals surface area contributed by atoms with E-state index in [4.69, 9.17) is 0 Å². The third kappa shape index (κ3) is 5.34. The molecule has 46 valence electrons. The maximum Gasteiger partial charge on any atom is 0.0581 e. The molecule has 0 spiro atoms. The molecule has 0 aromatic carbocycles. The van der Waals surface area contributed by atoms with Crippen molar-refractivity contribution in [1.82, 2.24) is 0 Å². The zero-order valence-electron chi connectivity index (χ0n) is 5.30. The Labute approximate surface area is 50.4 Å². The van der Waals surface area contributed by atoms with Crippen molar-refractivity contribution in [2.24, 2.45) is 9.98 Å². The van der Waals surface area contributed by atoms with E-state index in [1.807, 2.05) is 6.21 Å². The lowest BCUT2D eigenvalue weighted by Gasteiger charge is -1.83. The van der Waals surface area contributed by atoms with Crippen LogP contribution in [-0.2, 0) is 0 Å². The fourth-order valence-electron chi connectivity index (χ4n) is 0.349. The fourth-order valence-corrected chi connectivity index (χ4v) is 0.349. The number of aliphatic imine (C=N–C) groups is 2. The predicted octanol–water partition coefficient (Wildman–Crippen LogP) is 1.17. The van der Waals surface area contributed by atoms with Crippen molar-refractivity contribution in [3.05, 3.63) is 0 Å². The van der Waals surface area contributed by atoms with Crippen molar-refractivity contribution in [3.63, 3.8) is 0 Å². The van der Waals surface area contributed by atoms with Gasteiger partial charge in [0.2, 0.25) is 0 Å². The van der Waals surface area contributed by atoms with Crippen molar-refractivity contribution in [2.45, 2.75) is 13.3 Å². The molecule has 0 amide bonds. The summed E-state index contributed by atoms with van der Waals surface area (Å²) < 4.78 is 0. The predicted molar refractivity (Wildman–Crippen MR) is 38.1 cm³/mol. The van der Waals surface area contributed by atoms with Gasteiger partial charge in [0, 0.05) is 0 Å². The van der Waals surface area contributed by atoms with Gasteiger partial charge in [0.15, 0.2) is 0 Å². The highest BCUT2D eigenvalue weighted by Gasteiger charge is 1.71. The number of nitrogens with zero attached hydrogens (tertiary/aromatic N) is 2. The van der Waals surface area contributed by atoms with E-state index in [1.54, 1.807) is 0 Å². The van der Waals surface area contributed by atoms with E-state index in [2.05, 4.69) is 23.6 Å². The Morgan fingerprint density at radius 1 is 1.50 bits per heavy atom. The first-order chi connectivity index (χ1) is 3.91. The Morgan fingerprint density at radius 3 is 2.75 bits per heavy atom. The molecule has 0 saturated carbocycles. The first kappa shape index (κ1) is 7.34. The van der Waals surface area contributed by atoms with E-state index in [-0.39, 0.29) is 0 Å². The molecule has 8 heavy (non-hydrogen) atoms. The Morgan fingerprint density at radius 2 is 2.25 bits per heavy atom. The molecule has 0 aromatic heterocycles. The summed E-state index contributed by atoms with van der Waals surface area (Å²) in [5.74, 6) is 0. The van der Waals surface area contributed by atoms with Gasteiger partial charge in [-0.3, -0.25) is 9.98 Å². The van der Waals surface area contributed by atoms with Gasteiger partial charge < -0.3 is 0 Å². The number of hydrogen-bond donors (Lipinski definition) is 0. The SMILES string of the molecule is C=NCCN=CCC. The summed E-state index contributed by atoms with van der Waals surface area (Å²) in [6.45, 7) is 6.93. The highest BCUT2D eigenvalue weighted by atomic mass is 14.8. The Bertz CT molecular complexity index is 76.6. The van der Waals surface area contributed by atoms with Crippen molar-refractivity contribution in [2.75, 3.05) is 13.1 Å². The molecule has 0 rings (SSSR count). The maximum absolute atomic E-state index is 4.02. The summed E-state index contributed by atoms with van der Waals surface area (Å²) >= 11 is 0. The lowest BCUT2D eigenvalue weighted by atomic mass is 10.5. The summed E-state index contributed by atoms with van der Waals surface area (Å²) in [5.41, 5.74) is 0. The van der Waals surface area contributed by atoms with Crippen LogP contribution < -0.4 is 0 Å². The van der Waals surface area contributed by atoms with Gasteiger partial charge in [-0.1, -0.05) is 6.92 Å². The molecule has 0 aliphatic rings. The summed E-state index contributed by atoms with van der Waals surface area (Å²) in [6.07, 6.45) is 2.91. The van der Waals surface area contributed by atoms with Gasteiger partial charge in [-0.2, -0.15) is 0 Å². The first-order valence-corrected chi connectivity index (χ1v) is 2.82. The van der Waals surface area contributed by atoms with Crippen LogP contribution in [-0.4, -0.2) is 26.0 Å². The van der Waals surface area contributed by atoms with E-state index in [0.717, 1.165) is 19.5 Å². The van der Waals surface area contributed by atoms with Gasteiger partial charge in [-0.15, -0.1) is 0 Å². The van der Waals surface area contributed by atoms with E-state index >= 15 is 0 Å². The second kappa shape index (κ2) is 6.34. The molecule has 2 nitrogen and oxygen atoms in total. The third-order valence-corrected chi connectivity index (χ3v) is 0.699. The van der Waals surface area contributed by atoms with E-state index in [0.29, 0.717) is 0 Å². The lowest BCUT2D eigenvalue weighted by molar-refractivity contribution is 0.982. The van der Waals surface area contributed by atoms with Gasteiger partial charge in [0.05, 0.1) is 13.1 Å². The average Bonchev–Trinajstić information content (AvgIpc) is 1.81. The zero-order valence-corrected chi connectivity index (χ0v) is 5.30. The molecule has 0 bridgehead atoms. The molecule has 0 aliphatic heterocycles. The minimum absolute atomic E-state index is 0.747. The second-order valence-electron chi connectivity index (χ2n) is 1.44. The monoisotopic (exact) mass is 112 g/mol. The highest BCUT2D eigenvalue weighted by molar-refractivity contribution is 5.56. The van der Waals surface area contributed by atoms with Crippen molar-refractivity contribution >= 4 is 12.9 Å². The molecule has 0 aliphatic carbocycles. The zero-order chi connectivity index (χ0) is 6.24. The topological polar surface area (TPSA) is 24.7 Å². The smallest absolute Gasteiger partial charge is 0.0581 e. The van der Waals surface area contributed by atoms with Gasteiger partial charge in [-0.05, 0) is 19.4 Å². The van der Waals surface area contributed by atoms with Crippen molar-refractivity contribution in [1.29, 1.82) is 0 Å². The van der Waals surface area contributed by atoms with Crippen LogP contribution in [0.1, 0.15) is 13.3 Å². The molecule has 0 atom stereocenters. The number of hydrogen-bond acceptors (Lipinski definition) is 2. The Kier molecular flexibility index (Phi) is 5.82. The van der Waals surface area contributed by atoms with Gasteiger partial charge in [-0.25, -0.2) is 0 Å². The van der Waals surface area contributed by atoms with Crippen molar-refractivity contribution < 1.29 is 0 Å². The minimum Gasteiger partial charge on any atom is -0.299 e. The Balaban J connectivity index is 2.90. The fraction of sp³-hybridized carbons (Fsp3) is 0.667. The Hall–Kier alpha value is -0.660. The highest BCUT2D eigenvalue weighted by Crippen LogP contribution is 1.71. The van der Waals surface area contributed by atoms with Crippen LogP contribution in [0.15, 0.2) is 9.98 Å². The molecule has 0 radical (unpaired) electrons. The van der Waals surface area contributed by atoms with Crippen LogP contribution in [0.3, 0.4) is 0 Å². The van der Waals surface area contributed by atoms with Crippen LogP contribution in [0.25, 0.3) is 0 Å². The molecule has 2 heteroatoms. The first-order valence-electron chi connectivity index (χ1n) is 2.82. The average molecular weight is 112 g/mol. The normalized spacial score (nSPS) is 10.1. The molecule has 0 unspecified atom stereocenters. The van der Waals surface area contributed by atoms with Gasteiger partial charge in [0.1, 0.15) is 0 Å². The van der Waals surface area contributed by atoms with Gasteiger partial charge >= 0.3 is 0 Å². The van der Waals surface area contributed by atoms with Crippen LogP contribution in [0.2, 0.25) is 0 Å². The molecular formula is C6H12N2. The van der Waals surface area contributed by atoms with E-state index in [9.17, 15) is 0 Å². The molecule has 0 saturated heterocycles. The van der Waals surface area contributed by atoms with Crippen molar-refractivity contribution in [3.8, 4) is 0 Å². The summed E-state index contributed by atoms with van der Waals surface area (Å²) in [5, 5.41) is 0. The van der Waals surface area contributed by atoms with Crippen LogP contribution in [0, 0.1) is 0 Å². The summed E-state index contributed by atoms with van der Waals surface area (Å²) in [7, 11) is 0. The lowest BCUT2D eigenvalue weighted by Crippen LogP contribution is -1.84. The molecule has 0 fully saturated rings. The van der Waals surface area contributed by atoms with Crippen LogP contribution in [0.4, 0.5) is 0 Å². The minimum atomic E-state index is 0.747. The standard InChI is InChI=1S/C6H12N2/c1-3-4-8-6-5-7-2/h4H,2-3,5-6H2,1H3. The molecule has 0 N–H and O–H groups in total. The van der Waals surface area contributed by atoms with E-state index in [1.165, 1.54) is 0 Å². The van der Waals surface area contributed by atoms with Gasteiger partial charge in [0.25, 0.3) is 0 Å². The van der Waals surface area contributed by atoms with Crippen LogP contribution in [0.5, 0.6) is 0 Å².